The van der Waals surface area contributed by atoms with Gasteiger partial charge in [0.2, 0.25) is 0 Å². The molecule has 0 radical (unpaired) electrons. The highest BCUT2D eigenvalue weighted by Crippen LogP contribution is 2.32. The number of rotatable bonds is 12. The molecule has 0 aromatic heterocycles. The van der Waals surface area contributed by atoms with Crippen LogP contribution in [0.1, 0.15) is 32.6 Å². The average Bonchev–Trinajstić information content (AvgIpc) is 2.89. The van der Waals surface area contributed by atoms with Gasteiger partial charge in [-0.3, -0.25) is 0 Å². The molecule has 0 spiro atoms. The first-order valence-corrected chi connectivity index (χ1v) is 11.3. The fraction of sp³-hybridized carbons (Fsp3) is 0.321. The summed E-state index contributed by atoms with van der Waals surface area (Å²) in [6.07, 6.45) is 2.95. The number of carboxylic acids is 1. The lowest BCUT2D eigenvalue weighted by Gasteiger charge is -2.16. The van der Waals surface area contributed by atoms with E-state index in [9.17, 15) is 9.90 Å². The summed E-state index contributed by atoms with van der Waals surface area (Å²) in [5.74, 6) is 2.38. The highest BCUT2D eigenvalue weighted by atomic mass is 16.5. The summed E-state index contributed by atoms with van der Waals surface area (Å²) in [5.41, 5.74) is 4.35. The Balaban J connectivity index is 1.82. The zero-order valence-electron chi connectivity index (χ0n) is 20.8. The van der Waals surface area contributed by atoms with Crippen LogP contribution in [0.5, 0.6) is 28.7 Å². The van der Waals surface area contributed by atoms with Gasteiger partial charge < -0.3 is 28.8 Å². The number of hydrogen-bond donors (Lipinski definition) is 1. The van der Waals surface area contributed by atoms with Gasteiger partial charge in [-0.15, -0.1) is 0 Å². The summed E-state index contributed by atoms with van der Waals surface area (Å²) < 4.78 is 27.3. The molecule has 0 heterocycles. The molecule has 35 heavy (non-hydrogen) atoms. The molecular weight excluding hydrogens is 448 g/mol. The second-order valence-corrected chi connectivity index (χ2v) is 8.04. The van der Waals surface area contributed by atoms with Gasteiger partial charge in [-0.2, -0.15) is 0 Å². The minimum absolute atomic E-state index is 0.148. The fourth-order valence-electron chi connectivity index (χ4n) is 4.06. The highest BCUT2D eigenvalue weighted by Gasteiger charge is 2.14. The normalized spacial score (nSPS) is 10.5. The van der Waals surface area contributed by atoms with Crippen LogP contribution in [-0.2, 0) is 25.7 Å². The molecule has 1 N–H and O–H groups in total. The smallest absolute Gasteiger partial charge is 0.339 e. The second-order valence-electron chi connectivity index (χ2n) is 8.04. The molecule has 0 atom stereocenters. The van der Waals surface area contributed by atoms with Crippen LogP contribution in [0.25, 0.3) is 0 Å². The molecule has 3 rings (SSSR count). The summed E-state index contributed by atoms with van der Waals surface area (Å²) >= 11 is 0. The number of aryl methyl sites for hydroxylation is 4. The van der Waals surface area contributed by atoms with Gasteiger partial charge in [0, 0.05) is 12.1 Å². The molecule has 0 unspecified atom stereocenters. The predicted octanol–water partition coefficient (Wildman–Crippen LogP) is 5.00. The first-order chi connectivity index (χ1) is 16.9. The molecule has 0 aliphatic rings. The van der Waals surface area contributed by atoms with E-state index in [4.69, 9.17) is 23.7 Å². The molecule has 3 aromatic carbocycles. The molecule has 186 valence electrons. The van der Waals surface area contributed by atoms with Crippen LogP contribution in [0.2, 0.25) is 0 Å². The van der Waals surface area contributed by atoms with E-state index in [-0.39, 0.29) is 5.56 Å². The van der Waals surface area contributed by atoms with E-state index in [0.29, 0.717) is 18.6 Å². The quantitative estimate of drug-likeness (QED) is 0.391. The minimum atomic E-state index is -1.01. The van der Waals surface area contributed by atoms with Crippen molar-refractivity contribution >= 4 is 5.97 Å². The van der Waals surface area contributed by atoms with Crippen LogP contribution in [0.3, 0.4) is 0 Å². The van der Waals surface area contributed by atoms with Crippen LogP contribution >= 0.6 is 0 Å². The topological polar surface area (TPSA) is 83.5 Å². The van der Waals surface area contributed by atoms with E-state index in [1.807, 2.05) is 30.3 Å². The second kappa shape index (κ2) is 12.0. The maximum absolute atomic E-state index is 11.4. The van der Waals surface area contributed by atoms with Crippen molar-refractivity contribution in [3.63, 3.8) is 0 Å². The highest BCUT2D eigenvalue weighted by molar-refractivity contribution is 5.91. The van der Waals surface area contributed by atoms with Crippen molar-refractivity contribution in [3.8, 4) is 28.7 Å². The van der Waals surface area contributed by atoms with Crippen LogP contribution in [0.4, 0.5) is 0 Å². The van der Waals surface area contributed by atoms with E-state index in [2.05, 4.69) is 6.07 Å². The molecule has 3 aromatic rings. The Labute approximate surface area is 206 Å². The molecule has 0 amide bonds. The number of aromatic carboxylic acids is 1. The van der Waals surface area contributed by atoms with Crippen molar-refractivity contribution in [1.82, 2.24) is 0 Å². The van der Waals surface area contributed by atoms with Crippen molar-refractivity contribution in [2.45, 2.75) is 25.7 Å². The van der Waals surface area contributed by atoms with Gasteiger partial charge in [-0.25, -0.2) is 4.79 Å². The largest absolute Gasteiger partial charge is 0.497 e. The summed E-state index contributed by atoms with van der Waals surface area (Å²) in [4.78, 5) is 11.4. The third-order valence-electron chi connectivity index (χ3n) is 5.96. The Morgan fingerprint density at radius 2 is 1.14 bits per heavy atom. The zero-order chi connectivity index (χ0) is 25.4. The molecule has 0 saturated heterocycles. The lowest BCUT2D eigenvalue weighted by molar-refractivity contribution is 0.0693. The summed E-state index contributed by atoms with van der Waals surface area (Å²) in [5, 5.41) is 9.31. The minimum Gasteiger partial charge on any atom is -0.497 e. The van der Waals surface area contributed by atoms with Gasteiger partial charge >= 0.3 is 5.97 Å². The Morgan fingerprint density at radius 3 is 1.63 bits per heavy atom. The lowest BCUT2D eigenvalue weighted by atomic mass is 9.97. The Hall–Kier alpha value is -3.87. The summed E-state index contributed by atoms with van der Waals surface area (Å²) in [6.45, 7) is 0. The van der Waals surface area contributed by atoms with Gasteiger partial charge in [0.25, 0.3) is 0 Å². The van der Waals surface area contributed by atoms with E-state index >= 15 is 0 Å². The molecule has 0 aliphatic heterocycles. The molecule has 0 bridgehead atoms. The van der Waals surface area contributed by atoms with Gasteiger partial charge in [0.1, 0.15) is 34.3 Å². The van der Waals surface area contributed by atoms with Crippen molar-refractivity contribution in [2.75, 3.05) is 35.5 Å². The van der Waals surface area contributed by atoms with Crippen LogP contribution in [-0.4, -0.2) is 46.6 Å². The zero-order valence-corrected chi connectivity index (χ0v) is 20.8. The van der Waals surface area contributed by atoms with E-state index in [1.54, 1.807) is 40.6 Å². The number of benzene rings is 3. The first kappa shape index (κ1) is 25.7. The van der Waals surface area contributed by atoms with E-state index in [0.717, 1.165) is 58.1 Å². The van der Waals surface area contributed by atoms with Crippen LogP contribution in [0.15, 0.2) is 48.5 Å². The number of carboxylic acid groups (broad SMARTS) is 1. The van der Waals surface area contributed by atoms with Crippen LogP contribution in [0, 0.1) is 0 Å². The van der Waals surface area contributed by atoms with Crippen LogP contribution < -0.4 is 23.7 Å². The maximum atomic E-state index is 11.4. The molecule has 0 aliphatic carbocycles. The number of methoxy groups -OCH3 is 5. The molecule has 0 saturated carbocycles. The Bertz CT molecular complexity index is 1150. The van der Waals surface area contributed by atoms with E-state index in [1.165, 1.54) is 7.11 Å². The lowest BCUT2D eigenvalue weighted by Crippen LogP contribution is -2.03. The first-order valence-electron chi connectivity index (χ1n) is 11.3. The predicted molar refractivity (Wildman–Crippen MR) is 134 cm³/mol. The third kappa shape index (κ3) is 6.38. The summed E-state index contributed by atoms with van der Waals surface area (Å²) in [6, 6.07) is 15.1. The molecule has 7 nitrogen and oxygen atoms in total. The SMILES string of the molecule is COc1cc(CCc2cc(CCc3ccc(C(=O)O)c(OC)c3)c(OC)cc2OC)cc(OC)c1. The standard InChI is InChI=1S/C28H32O7/c1-31-22-12-19(13-23(16-22)32-2)7-10-21-15-20(25(33-3)17-26(21)34-4)9-6-18-8-11-24(28(29)30)27(14-18)35-5/h8,11-17H,6-7,9-10H2,1-5H3,(H,29,30). The van der Waals surface area contributed by atoms with Crippen molar-refractivity contribution in [2.24, 2.45) is 0 Å². The molecule has 0 fully saturated rings. The van der Waals surface area contributed by atoms with E-state index < -0.39 is 5.97 Å². The monoisotopic (exact) mass is 480 g/mol. The maximum Gasteiger partial charge on any atom is 0.339 e. The summed E-state index contributed by atoms with van der Waals surface area (Å²) in [7, 11) is 8.06. The van der Waals surface area contributed by atoms with Crippen molar-refractivity contribution in [1.29, 1.82) is 0 Å². The fourth-order valence-corrected chi connectivity index (χ4v) is 4.06. The van der Waals surface area contributed by atoms with Gasteiger partial charge in [-0.1, -0.05) is 6.07 Å². The Morgan fingerprint density at radius 1 is 0.600 bits per heavy atom. The third-order valence-corrected chi connectivity index (χ3v) is 5.96. The van der Waals surface area contributed by atoms with Gasteiger partial charge in [-0.05, 0) is 78.3 Å². The number of hydrogen-bond acceptors (Lipinski definition) is 6. The van der Waals surface area contributed by atoms with Crippen molar-refractivity contribution in [3.05, 3.63) is 76.3 Å². The number of ether oxygens (including phenoxy) is 5. The van der Waals surface area contributed by atoms with Gasteiger partial charge in [0.05, 0.1) is 35.5 Å². The number of carbonyl (C=O) groups is 1. The van der Waals surface area contributed by atoms with Crippen molar-refractivity contribution < 1.29 is 33.6 Å². The van der Waals surface area contributed by atoms with Gasteiger partial charge in [0.15, 0.2) is 0 Å². The molecule has 7 heteroatoms. The average molecular weight is 481 g/mol. The Kier molecular flexibility index (Phi) is 8.84. The molecular formula is C28H32O7.